The zero-order chi connectivity index (χ0) is 15.2. The van der Waals surface area contributed by atoms with Crippen molar-refractivity contribution in [3.8, 4) is 0 Å². The van der Waals surface area contributed by atoms with Crippen molar-refractivity contribution < 1.29 is 14.3 Å². The number of rotatable bonds is 5. The Morgan fingerprint density at radius 2 is 2.05 bits per heavy atom. The van der Waals surface area contributed by atoms with Gasteiger partial charge in [0.25, 0.3) is 11.1 Å². The topological polar surface area (TPSA) is 49.9 Å². The molecular formula is C14H18N2O3S2. The second-order valence-corrected chi connectivity index (χ2v) is 5.46. The van der Waals surface area contributed by atoms with Crippen LogP contribution in [0.2, 0.25) is 0 Å². The van der Waals surface area contributed by atoms with E-state index in [0.29, 0.717) is 25.4 Å². The molecule has 0 N–H and O–H groups in total. The van der Waals surface area contributed by atoms with Gasteiger partial charge in [0.2, 0.25) is 0 Å². The molecule has 0 bridgehead atoms. The van der Waals surface area contributed by atoms with Crippen molar-refractivity contribution >= 4 is 47.8 Å². The number of ether oxygens (including phenoxy) is 1. The van der Waals surface area contributed by atoms with Crippen LogP contribution >= 0.6 is 25.3 Å². The highest BCUT2D eigenvalue weighted by molar-refractivity contribution is 7.96. The molecule has 2 amide bonds. The molecule has 21 heavy (non-hydrogen) atoms. The summed E-state index contributed by atoms with van der Waals surface area (Å²) in [5.41, 5.74) is 1.58. The first-order valence-corrected chi connectivity index (χ1v) is 7.81. The summed E-state index contributed by atoms with van der Waals surface area (Å²) in [5, 5.41) is -0.299. The van der Waals surface area contributed by atoms with Crippen molar-refractivity contribution in [3.05, 3.63) is 24.3 Å². The van der Waals surface area contributed by atoms with Gasteiger partial charge in [-0.1, -0.05) is 12.6 Å². The molecule has 1 aliphatic heterocycles. The first-order valence-electron chi connectivity index (χ1n) is 6.73. The Bertz CT molecular complexity index is 507. The molecule has 5 nitrogen and oxygen atoms in total. The fraction of sp³-hybridized carbons (Fsp3) is 0.429. The lowest BCUT2D eigenvalue weighted by Crippen LogP contribution is -2.41. The summed E-state index contributed by atoms with van der Waals surface area (Å²) in [4.78, 5) is 26.6. The number of thiol groups is 2. The van der Waals surface area contributed by atoms with Gasteiger partial charge in [-0.25, -0.2) is 0 Å². The SMILES string of the molecule is O=C(S)N(CCCS)c1ccc(N2CCOCC2=O)cc1. The number of nitrogens with zero attached hydrogens (tertiary/aromatic N) is 2. The molecule has 0 unspecified atom stereocenters. The van der Waals surface area contributed by atoms with E-state index < -0.39 is 0 Å². The summed E-state index contributed by atoms with van der Waals surface area (Å²) < 4.78 is 5.11. The van der Waals surface area contributed by atoms with Crippen molar-refractivity contribution in [3.63, 3.8) is 0 Å². The van der Waals surface area contributed by atoms with Gasteiger partial charge >= 0.3 is 0 Å². The number of anilines is 2. The minimum Gasteiger partial charge on any atom is -0.370 e. The van der Waals surface area contributed by atoms with Crippen LogP contribution in [0.4, 0.5) is 16.2 Å². The number of hydrogen-bond donors (Lipinski definition) is 2. The monoisotopic (exact) mass is 326 g/mol. The zero-order valence-corrected chi connectivity index (χ0v) is 13.4. The lowest BCUT2D eigenvalue weighted by Gasteiger charge is -2.27. The average molecular weight is 326 g/mol. The first-order chi connectivity index (χ1) is 10.1. The Labute approximate surface area is 135 Å². The predicted octanol–water partition coefficient (Wildman–Crippen LogP) is 2.23. The summed E-state index contributed by atoms with van der Waals surface area (Å²) >= 11 is 8.05. The summed E-state index contributed by atoms with van der Waals surface area (Å²) in [5.74, 6) is 0.656. The van der Waals surface area contributed by atoms with Crippen molar-refractivity contribution in [1.82, 2.24) is 0 Å². The van der Waals surface area contributed by atoms with Gasteiger partial charge in [0.05, 0.1) is 6.61 Å². The van der Waals surface area contributed by atoms with E-state index >= 15 is 0 Å². The van der Waals surface area contributed by atoms with Gasteiger partial charge < -0.3 is 14.5 Å². The lowest BCUT2D eigenvalue weighted by atomic mass is 10.2. The van der Waals surface area contributed by atoms with Crippen molar-refractivity contribution in [2.75, 3.05) is 41.9 Å². The number of benzene rings is 1. The van der Waals surface area contributed by atoms with Crippen LogP contribution in [0.5, 0.6) is 0 Å². The Hall–Kier alpha value is -1.18. The molecule has 0 aliphatic carbocycles. The second-order valence-electron chi connectivity index (χ2n) is 4.63. The minimum atomic E-state index is -0.299. The van der Waals surface area contributed by atoms with E-state index in [2.05, 4.69) is 25.3 Å². The Morgan fingerprint density at radius 3 is 2.62 bits per heavy atom. The van der Waals surface area contributed by atoms with E-state index in [1.807, 2.05) is 24.3 Å². The standard InChI is InChI=1S/C14H18N2O3S2/c17-13-10-19-8-7-15(13)11-2-4-12(5-3-11)16(14(18)21)6-1-9-20/h2-5,20H,1,6-10H2,(H,18,21). The maximum atomic E-state index is 11.8. The largest absolute Gasteiger partial charge is 0.370 e. The Morgan fingerprint density at radius 1 is 1.33 bits per heavy atom. The highest BCUT2D eigenvalue weighted by atomic mass is 32.1. The van der Waals surface area contributed by atoms with E-state index in [9.17, 15) is 9.59 Å². The molecule has 1 heterocycles. The highest BCUT2D eigenvalue weighted by Crippen LogP contribution is 2.23. The quantitative estimate of drug-likeness (QED) is 0.816. The molecular weight excluding hydrogens is 308 g/mol. The van der Waals surface area contributed by atoms with Gasteiger partial charge in [0.1, 0.15) is 6.61 Å². The van der Waals surface area contributed by atoms with Crippen LogP contribution in [0.25, 0.3) is 0 Å². The van der Waals surface area contributed by atoms with Crippen molar-refractivity contribution in [1.29, 1.82) is 0 Å². The van der Waals surface area contributed by atoms with E-state index in [0.717, 1.165) is 17.8 Å². The van der Waals surface area contributed by atoms with Crippen LogP contribution in [0.3, 0.4) is 0 Å². The molecule has 2 rings (SSSR count). The smallest absolute Gasteiger partial charge is 0.282 e. The molecule has 7 heteroatoms. The van der Waals surface area contributed by atoms with Gasteiger partial charge in [-0.2, -0.15) is 12.6 Å². The first kappa shape index (κ1) is 16.2. The van der Waals surface area contributed by atoms with Gasteiger partial charge in [-0.3, -0.25) is 9.59 Å². The van der Waals surface area contributed by atoms with Crippen molar-refractivity contribution in [2.24, 2.45) is 0 Å². The predicted molar refractivity (Wildman–Crippen MR) is 89.8 cm³/mol. The molecule has 0 radical (unpaired) electrons. The molecule has 0 aromatic heterocycles. The van der Waals surface area contributed by atoms with Crippen LogP contribution in [0.15, 0.2) is 24.3 Å². The second kappa shape index (κ2) is 7.72. The minimum absolute atomic E-state index is 0.0498. The van der Waals surface area contributed by atoms with Gasteiger partial charge in [0, 0.05) is 24.5 Å². The Balaban J connectivity index is 2.13. The molecule has 0 saturated carbocycles. The highest BCUT2D eigenvalue weighted by Gasteiger charge is 2.20. The summed E-state index contributed by atoms with van der Waals surface area (Å²) in [6, 6.07) is 7.32. The maximum Gasteiger partial charge on any atom is 0.282 e. The number of carbonyl (C=O) groups is 2. The maximum absolute atomic E-state index is 11.8. The molecule has 0 spiro atoms. The molecule has 114 valence electrons. The van der Waals surface area contributed by atoms with Crippen molar-refractivity contribution in [2.45, 2.75) is 6.42 Å². The fourth-order valence-corrected chi connectivity index (χ4v) is 2.52. The lowest BCUT2D eigenvalue weighted by molar-refractivity contribution is -0.125. The molecule has 1 fully saturated rings. The number of morpholine rings is 1. The molecule has 1 aromatic carbocycles. The summed E-state index contributed by atoms with van der Waals surface area (Å²) in [7, 11) is 0. The van der Waals surface area contributed by atoms with E-state index in [-0.39, 0.29) is 17.8 Å². The van der Waals surface area contributed by atoms with Gasteiger partial charge in [-0.15, -0.1) is 0 Å². The molecule has 1 saturated heterocycles. The number of hydrogen-bond acceptors (Lipinski definition) is 4. The van der Waals surface area contributed by atoms with E-state index in [1.165, 1.54) is 0 Å². The van der Waals surface area contributed by atoms with Gasteiger partial charge in [0.15, 0.2) is 0 Å². The van der Waals surface area contributed by atoms with E-state index in [1.54, 1.807) is 9.80 Å². The van der Waals surface area contributed by atoms with Gasteiger partial charge in [-0.05, 0) is 36.4 Å². The normalized spacial score (nSPS) is 15.1. The van der Waals surface area contributed by atoms with Crippen LogP contribution in [0.1, 0.15) is 6.42 Å². The third kappa shape index (κ3) is 4.15. The molecule has 1 aliphatic rings. The van der Waals surface area contributed by atoms with Crippen LogP contribution in [0, 0.1) is 0 Å². The van der Waals surface area contributed by atoms with Crippen LogP contribution in [-0.4, -0.2) is 43.2 Å². The van der Waals surface area contributed by atoms with Crippen LogP contribution < -0.4 is 9.80 Å². The fourth-order valence-electron chi connectivity index (χ4n) is 2.17. The summed E-state index contributed by atoms with van der Waals surface area (Å²) in [6.45, 7) is 1.77. The number of carbonyl (C=O) groups excluding carboxylic acids is 2. The third-order valence-electron chi connectivity index (χ3n) is 3.23. The third-order valence-corrected chi connectivity index (χ3v) is 3.79. The molecule has 1 aromatic rings. The number of amides is 2. The zero-order valence-electron chi connectivity index (χ0n) is 11.6. The summed E-state index contributed by atoms with van der Waals surface area (Å²) in [6.07, 6.45) is 0.791. The molecule has 0 atom stereocenters. The van der Waals surface area contributed by atoms with E-state index in [4.69, 9.17) is 4.74 Å². The Kier molecular flexibility index (Phi) is 5.96. The average Bonchev–Trinajstić information content (AvgIpc) is 2.49. The van der Waals surface area contributed by atoms with Crippen LogP contribution in [-0.2, 0) is 9.53 Å².